The number of phenolic OH excluding ortho intramolecular Hbond substituents is 1. The van der Waals surface area contributed by atoms with Crippen LogP contribution < -0.4 is 15.4 Å². The van der Waals surface area contributed by atoms with Gasteiger partial charge in [-0.2, -0.15) is 0 Å². The minimum atomic E-state index is -0.488. The van der Waals surface area contributed by atoms with Gasteiger partial charge in [0.15, 0.2) is 0 Å². The first kappa shape index (κ1) is 22.0. The van der Waals surface area contributed by atoms with E-state index in [0.29, 0.717) is 22.6 Å². The van der Waals surface area contributed by atoms with E-state index in [0.717, 1.165) is 4.90 Å². The maximum atomic E-state index is 13.1. The maximum absolute atomic E-state index is 13.1. The van der Waals surface area contributed by atoms with E-state index in [9.17, 15) is 14.7 Å². The van der Waals surface area contributed by atoms with Crippen molar-refractivity contribution in [3.8, 4) is 11.5 Å². The molecule has 3 N–H and O–H groups in total. The number of carbonyl (C=O) groups excluding carboxylic acids is 2. The van der Waals surface area contributed by atoms with Gasteiger partial charge in [0, 0.05) is 27.8 Å². The number of hydrogen-bond donors (Lipinski definition) is 3. The van der Waals surface area contributed by atoms with Gasteiger partial charge in [0.05, 0.1) is 7.11 Å². The summed E-state index contributed by atoms with van der Waals surface area (Å²) < 4.78 is 5.29. The van der Waals surface area contributed by atoms with Gasteiger partial charge in [-0.25, -0.2) is 0 Å². The van der Waals surface area contributed by atoms with E-state index >= 15 is 0 Å². The van der Waals surface area contributed by atoms with Crippen molar-refractivity contribution in [1.29, 1.82) is 0 Å². The highest BCUT2D eigenvalue weighted by Gasteiger charge is 2.16. The van der Waals surface area contributed by atoms with Gasteiger partial charge >= 0.3 is 0 Å². The number of aromatic hydroxyl groups is 1. The van der Waals surface area contributed by atoms with Crippen molar-refractivity contribution in [2.24, 2.45) is 0 Å². The molecule has 3 aromatic carbocycles. The second-order valence-corrected chi connectivity index (χ2v) is 7.37. The van der Waals surface area contributed by atoms with Crippen LogP contribution in [0.25, 0.3) is 6.08 Å². The summed E-state index contributed by atoms with van der Waals surface area (Å²) in [5.41, 5.74) is 1.58. The lowest BCUT2D eigenvalue weighted by Gasteiger charge is -2.13. The van der Waals surface area contributed by atoms with Crippen molar-refractivity contribution >= 4 is 35.3 Å². The Morgan fingerprint density at radius 3 is 2.48 bits per heavy atom. The highest BCUT2D eigenvalue weighted by Crippen LogP contribution is 2.26. The lowest BCUT2D eigenvalue weighted by atomic mass is 10.1. The van der Waals surface area contributed by atoms with Gasteiger partial charge < -0.3 is 20.5 Å². The first-order valence-electron chi connectivity index (χ1n) is 9.40. The largest absolute Gasteiger partial charge is 0.508 e. The van der Waals surface area contributed by atoms with Gasteiger partial charge in [0.2, 0.25) is 0 Å². The maximum Gasteiger partial charge on any atom is 0.272 e. The molecule has 0 saturated heterocycles. The molecule has 0 aliphatic heterocycles. The molecular formula is C24H22N2O4S. The number of ether oxygens (including phenoxy) is 1. The summed E-state index contributed by atoms with van der Waals surface area (Å²) in [6.07, 6.45) is 3.45. The quantitative estimate of drug-likeness (QED) is 0.376. The molecule has 2 amide bonds. The van der Waals surface area contributed by atoms with Gasteiger partial charge in [0.1, 0.15) is 17.2 Å². The zero-order chi connectivity index (χ0) is 22.2. The second-order valence-electron chi connectivity index (χ2n) is 6.49. The molecule has 0 unspecified atom stereocenters. The van der Waals surface area contributed by atoms with Crippen LogP contribution in [0.3, 0.4) is 0 Å². The third-order valence-corrected chi connectivity index (χ3v) is 5.10. The van der Waals surface area contributed by atoms with Crippen molar-refractivity contribution in [3.05, 3.63) is 89.6 Å². The molecule has 0 saturated carbocycles. The minimum absolute atomic E-state index is 0.0298. The van der Waals surface area contributed by atoms with Crippen LogP contribution >= 0.6 is 11.8 Å². The van der Waals surface area contributed by atoms with Crippen LogP contribution in [0.5, 0.6) is 11.5 Å². The summed E-state index contributed by atoms with van der Waals surface area (Å²) in [7, 11) is 1.46. The van der Waals surface area contributed by atoms with Crippen LogP contribution in [0.2, 0.25) is 0 Å². The summed E-state index contributed by atoms with van der Waals surface area (Å²) in [5, 5.41) is 15.2. The lowest BCUT2D eigenvalue weighted by molar-refractivity contribution is -0.113. The molecular weight excluding hydrogens is 412 g/mol. The van der Waals surface area contributed by atoms with Gasteiger partial charge in [-0.15, -0.1) is 11.8 Å². The molecule has 0 spiro atoms. The summed E-state index contributed by atoms with van der Waals surface area (Å²) in [6, 6.07) is 20.5. The Bertz CT molecular complexity index is 1110. The van der Waals surface area contributed by atoms with Crippen molar-refractivity contribution in [3.63, 3.8) is 0 Å². The molecule has 158 valence electrons. The number of anilines is 1. The van der Waals surface area contributed by atoms with Crippen LogP contribution in [0.1, 0.15) is 15.9 Å². The molecule has 0 atom stereocenters. The van der Waals surface area contributed by atoms with Crippen LogP contribution in [-0.2, 0) is 4.79 Å². The third kappa shape index (κ3) is 5.90. The fourth-order valence-corrected chi connectivity index (χ4v) is 3.28. The van der Waals surface area contributed by atoms with Crippen LogP contribution in [0.15, 0.2) is 83.4 Å². The molecule has 0 fully saturated rings. The van der Waals surface area contributed by atoms with E-state index in [1.165, 1.54) is 25.3 Å². The molecule has 31 heavy (non-hydrogen) atoms. The topological polar surface area (TPSA) is 87.7 Å². The van der Waals surface area contributed by atoms with Crippen LogP contribution in [-0.4, -0.2) is 30.3 Å². The lowest BCUT2D eigenvalue weighted by Crippen LogP contribution is -2.30. The number of carbonyl (C=O) groups is 2. The van der Waals surface area contributed by atoms with Crippen LogP contribution in [0, 0.1) is 0 Å². The SMILES string of the molecule is COc1cc(O)ccc1/C=C(\NC(=O)c1ccccc1)C(=O)Nc1cccc(SC)c1. The molecule has 6 nitrogen and oxygen atoms in total. The number of benzene rings is 3. The van der Waals surface area contributed by atoms with E-state index in [2.05, 4.69) is 10.6 Å². The molecule has 0 bridgehead atoms. The van der Waals surface area contributed by atoms with Gasteiger partial charge in [-0.05, 0) is 54.8 Å². The second kappa shape index (κ2) is 10.4. The molecule has 0 aromatic heterocycles. The Morgan fingerprint density at radius 1 is 1.00 bits per heavy atom. The molecule has 3 rings (SSSR count). The zero-order valence-corrected chi connectivity index (χ0v) is 17.9. The fraction of sp³-hybridized carbons (Fsp3) is 0.0833. The monoisotopic (exact) mass is 434 g/mol. The Hall–Kier alpha value is -3.71. The van der Waals surface area contributed by atoms with E-state index in [1.807, 2.05) is 24.5 Å². The standard InChI is InChI=1S/C24H22N2O4S/c1-30-22-15-19(27)12-11-17(22)13-21(26-23(28)16-7-4-3-5-8-16)24(29)25-18-9-6-10-20(14-18)31-2/h3-15,27H,1-2H3,(H,25,29)(H,26,28)/b21-13-. The van der Waals surface area contributed by atoms with E-state index < -0.39 is 11.8 Å². The van der Waals surface area contributed by atoms with Crippen molar-refractivity contribution in [2.45, 2.75) is 4.90 Å². The van der Waals surface area contributed by atoms with E-state index in [-0.39, 0.29) is 11.4 Å². The summed E-state index contributed by atoms with van der Waals surface area (Å²) >= 11 is 1.56. The third-order valence-electron chi connectivity index (χ3n) is 4.37. The molecule has 0 heterocycles. The molecule has 3 aromatic rings. The number of thioether (sulfide) groups is 1. The van der Waals surface area contributed by atoms with E-state index in [1.54, 1.807) is 54.2 Å². The molecule has 7 heteroatoms. The number of nitrogens with one attached hydrogen (secondary N) is 2. The molecule has 0 radical (unpaired) electrons. The van der Waals surface area contributed by atoms with Gasteiger partial charge in [-0.1, -0.05) is 24.3 Å². The van der Waals surface area contributed by atoms with Crippen molar-refractivity contribution < 1.29 is 19.4 Å². The average molecular weight is 435 g/mol. The number of methoxy groups -OCH3 is 1. The van der Waals surface area contributed by atoms with Gasteiger partial charge in [0.25, 0.3) is 11.8 Å². The number of hydrogen-bond acceptors (Lipinski definition) is 5. The normalized spacial score (nSPS) is 11.0. The predicted octanol–water partition coefficient (Wildman–Crippen LogP) is 4.53. The Balaban J connectivity index is 1.95. The fourth-order valence-electron chi connectivity index (χ4n) is 2.82. The summed E-state index contributed by atoms with van der Waals surface area (Å²) in [5.74, 6) is -0.513. The summed E-state index contributed by atoms with van der Waals surface area (Å²) in [6.45, 7) is 0. The number of rotatable bonds is 7. The highest BCUT2D eigenvalue weighted by atomic mass is 32.2. The Labute approximate surface area is 184 Å². The highest BCUT2D eigenvalue weighted by molar-refractivity contribution is 7.98. The Kier molecular flexibility index (Phi) is 7.35. The van der Waals surface area contributed by atoms with E-state index in [4.69, 9.17) is 4.74 Å². The molecule has 0 aliphatic carbocycles. The average Bonchev–Trinajstić information content (AvgIpc) is 2.80. The van der Waals surface area contributed by atoms with Crippen molar-refractivity contribution in [2.75, 3.05) is 18.7 Å². The smallest absolute Gasteiger partial charge is 0.272 e. The van der Waals surface area contributed by atoms with Crippen LogP contribution in [0.4, 0.5) is 5.69 Å². The van der Waals surface area contributed by atoms with Gasteiger partial charge in [-0.3, -0.25) is 9.59 Å². The predicted molar refractivity (Wildman–Crippen MR) is 123 cm³/mol. The van der Waals surface area contributed by atoms with Crippen molar-refractivity contribution in [1.82, 2.24) is 5.32 Å². The first-order chi connectivity index (χ1) is 15.0. The minimum Gasteiger partial charge on any atom is -0.508 e. The number of amides is 2. The first-order valence-corrected chi connectivity index (χ1v) is 10.6. The zero-order valence-electron chi connectivity index (χ0n) is 17.1. The summed E-state index contributed by atoms with van der Waals surface area (Å²) in [4.78, 5) is 26.8. The molecule has 0 aliphatic rings. The number of phenols is 1. The Morgan fingerprint density at radius 2 is 1.77 bits per heavy atom.